The second-order valence-electron chi connectivity index (χ2n) is 4.37. The van der Waals surface area contributed by atoms with Crippen LogP contribution < -0.4 is 5.32 Å². The lowest BCUT2D eigenvalue weighted by Crippen LogP contribution is -2.20. The lowest BCUT2D eigenvalue weighted by Gasteiger charge is -2.15. The fourth-order valence-electron chi connectivity index (χ4n) is 2.05. The van der Waals surface area contributed by atoms with Crippen molar-refractivity contribution in [3.63, 3.8) is 0 Å². The minimum Gasteiger partial charge on any atom is -0.326 e. The van der Waals surface area contributed by atoms with Crippen LogP contribution in [-0.2, 0) is 4.79 Å². The average molecular weight is 318 g/mol. The molecule has 1 N–H and O–H groups in total. The first-order valence-electron chi connectivity index (χ1n) is 6.32. The molecule has 0 spiro atoms. The maximum Gasteiger partial charge on any atom is 0.231 e. The zero-order chi connectivity index (χ0) is 13.7. The fraction of sp³-hybridized carbons (Fsp3) is 0.188. The summed E-state index contributed by atoms with van der Waals surface area (Å²) < 4.78 is 0.957. The SMILES string of the molecule is CC[C@H](C(=O)Nc1cccc(Br)c1)c1ccccc1. The van der Waals surface area contributed by atoms with Crippen LogP contribution in [0.15, 0.2) is 59.1 Å². The summed E-state index contributed by atoms with van der Waals surface area (Å²) in [7, 11) is 0. The predicted molar refractivity (Wildman–Crippen MR) is 82.2 cm³/mol. The summed E-state index contributed by atoms with van der Waals surface area (Å²) in [6.45, 7) is 2.03. The fourth-order valence-corrected chi connectivity index (χ4v) is 2.45. The number of hydrogen-bond donors (Lipinski definition) is 1. The molecule has 0 aliphatic rings. The van der Waals surface area contributed by atoms with Crippen molar-refractivity contribution in [2.45, 2.75) is 19.3 Å². The van der Waals surface area contributed by atoms with Gasteiger partial charge in [0, 0.05) is 10.2 Å². The van der Waals surface area contributed by atoms with Gasteiger partial charge >= 0.3 is 0 Å². The van der Waals surface area contributed by atoms with Gasteiger partial charge in [0.25, 0.3) is 0 Å². The normalized spacial score (nSPS) is 11.9. The number of carbonyl (C=O) groups is 1. The summed E-state index contributed by atoms with van der Waals surface area (Å²) >= 11 is 3.40. The Morgan fingerprint density at radius 1 is 1.16 bits per heavy atom. The minimum absolute atomic E-state index is 0.0341. The van der Waals surface area contributed by atoms with E-state index in [-0.39, 0.29) is 11.8 Å². The van der Waals surface area contributed by atoms with Crippen LogP contribution in [0.1, 0.15) is 24.8 Å². The van der Waals surface area contributed by atoms with E-state index in [1.54, 1.807) is 0 Å². The highest BCUT2D eigenvalue weighted by molar-refractivity contribution is 9.10. The van der Waals surface area contributed by atoms with E-state index in [4.69, 9.17) is 0 Å². The number of hydrogen-bond acceptors (Lipinski definition) is 1. The Hall–Kier alpha value is -1.61. The molecule has 2 rings (SSSR count). The van der Waals surface area contributed by atoms with E-state index < -0.39 is 0 Å². The summed E-state index contributed by atoms with van der Waals surface area (Å²) in [4.78, 5) is 12.3. The van der Waals surface area contributed by atoms with Gasteiger partial charge in [-0.1, -0.05) is 59.3 Å². The molecule has 1 atom stereocenters. The maximum absolute atomic E-state index is 12.3. The van der Waals surface area contributed by atoms with Crippen molar-refractivity contribution in [1.82, 2.24) is 0 Å². The Kier molecular flexibility index (Phi) is 4.74. The van der Waals surface area contributed by atoms with E-state index in [9.17, 15) is 4.79 Å². The number of halogens is 1. The van der Waals surface area contributed by atoms with E-state index in [1.807, 2.05) is 61.5 Å². The van der Waals surface area contributed by atoms with Crippen molar-refractivity contribution in [3.8, 4) is 0 Å². The molecule has 0 bridgehead atoms. The summed E-state index contributed by atoms with van der Waals surface area (Å²) in [6.07, 6.45) is 0.782. The van der Waals surface area contributed by atoms with Crippen molar-refractivity contribution >= 4 is 27.5 Å². The van der Waals surface area contributed by atoms with Crippen LogP contribution in [0.2, 0.25) is 0 Å². The van der Waals surface area contributed by atoms with Crippen LogP contribution in [0.4, 0.5) is 5.69 Å². The molecule has 0 radical (unpaired) electrons. The first-order valence-corrected chi connectivity index (χ1v) is 7.11. The van der Waals surface area contributed by atoms with E-state index >= 15 is 0 Å². The Morgan fingerprint density at radius 2 is 1.89 bits per heavy atom. The number of benzene rings is 2. The Bertz CT molecular complexity index is 554. The number of carbonyl (C=O) groups excluding carboxylic acids is 1. The monoisotopic (exact) mass is 317 g/mol. The van der Waals surface area contributed by atoms with Crippen molar-refractivity contribution in [2.75, 3.05) is 5.32 Å². The molecule has 0 aliphatic carbocycles. The first kappa shape index (κ1) is 13.8. The Balaban J connectivity index is 2.14. The highest BCUT2D eigenvalue weighted by Crippen LogP contribution is 2.22. The quantitative estimate of drug-likeness (QED) is 0.878. The number of nitrogens with one attached hydrogen (secondary N) is 1. The van der Waals surface area contributed by atoms with E-state index in [0.29, 0.717) is 0 Å². The second kappa shape index (κ2) is 6.53. The van der Waals surface area contributed by atoms with Crippen LogP contribution in [0.25, 0.3) is 0 Å². The summed E-state index contributed by atoms with van der Waals surface area (Å²) in [6, 6.07) is 17.5. The largest absolute Gasteiger partial charge is 0.326 e. The van der Waals surface area contributed by atoms with Crippen molar-refractivity contribution < 1.29 is 4.79 Å². The molecule has 0 aliphatic heterocycles. The van der Waals surface area contributed by atoms with Gasteiger partial charge in [-0.2, -0.15) is 0 Å². The topological polar surface area (TPSA) is 29.1 Å². The van der Waals surface area contributed by atoms with Crippen LogP contribution in [-0.4, -0.2) is 5.91 Å². The molecule has 0 unspecified atom stereocenters. The minimum atomic E-state index is -0.111. The van der Waals surface area contributed by atoms with Gasteiger partial charge in [-0.3, -0.25) is 4.79 Å². The molecule has 0 aromatic heterocycles. The molecule has 0 fully saturated rings. The molecule has 2 nitrogen and oxygen atoms in total. The standard InChI is InChI=1S/C16H16BrNO/c1-2-15(12-7-4-3-5-8-12)16(19)18-14-10-6-9-13(17)11-14/h3-11,15H,2H2,1H3,(H,18,19)/t15-/m0/s1. The maximum atomic E-state index is 12.3. The van der Waals surface area contributed by atoms with Gasteiger partial charge < -0.3 is 5.32 Å². The third-order valence-corrected chi connectivity index (χ3v) is 3.51. The van der Waals surface area contributed by atoms with E-state index in [2.05, 4.69) is 21.2 Å². The highest BCUT2D eigenvalue weighted by atomic mass is 79.9. The van der Waals surface area contributed by atoms with Gasteiger partial charge in [-0.15, -0.1) is 0 Å². The van der Waals surface area contributed by atoms with Crippen molar-refractivity contribution in [3.05, 3.63) is 64.6 Å². The lowest BCUT2D eigenvalue weighted by atomic mass is 9.95. The Morgan fingerprint density at radius 3 is 2.53 bits per heavy atom. The molecule has 98 valence electrons. The van der Waals surface area contributed by atoms with Crippen LogP contribution in [0.3, 0.4) is 0 Å². The van der Waals surface area contributed by atoms with Gasteiger partial charge in [0.2, 0.25) is 5.91 Å². The number of anilines is 1. The Labute approximate surface area is 122 Å². The molecule has 19 heavy (non-hydrogen) atoms. The lowest BCUT2D eigenvalue weighted by molar-refractivity contribution is -0.117. The smallest absolute Gasteiger partial charge is 0.231 e. The molecule has 2 aromatic rings. The zero-order valence-electron chi connectivity index (χ0n) is 10.8. The molecule has 2 aromatic carbocycles. The molecule has 0 heterocycles. The number of amides is 1. The van der Waals surface area contributed by atoms with E-state index in [1.165, 1.54) is 0 Å². The average Bonchev–Trinajstić information content (AvgIpc) is 2.41. The zero-order valence-corrected chi connectivity index (χ0v) is 12.4. The molecule has 0 saturated heterocycles. The highest BCUT2D eigenvalue weighted by Gasteiger charge is 2.18. The summed E-state index contributed by atoms with van der Waals surface area (Å²) in [5.41, 5.74) is 1.87. The van der Waals surface area contributed by atoms with E-state index in [0.717, 1.165) is 22.1 Å². The second-order valence-corrected chi connectivity index (χ2v) is 5.29. The molecular weight excluding hydrogens is 302 g/mol. The van der Waals surface area contributed by atoms with Crippen LogP contribution in [0, 0.1) is 0 Å². The first-order chi connectivity index (χ1) is 9.20. The van der Waals surface area contributed by atoms with Gasteiger partial charge in [-0.05, 0) is 30.2 Å². The van der Waals surface area contributed by atoms with Gasteiger partial charge in [0.05, 0.1) is 5.92 Å². The third kappa shape index (κ3) is 3.67. The number of rotatable bonds is 4. The molecule has 3 heteroatoms. The molecule has 0 saturated carbocycles. The molecule has 1 amide bonds. The van der Waals surface area contributed by atoms with Crippen molar-refractivity contribution in [2.24, 2.45) is 0 Å². The van der Waals surface area contributed by atoms with Crippen LogP contribution in [0.5, 0.6) is 0 Å². The predicted octanol–water partition coefficient (Wildman–Crippen LogP) is 4.58. The van der Waals surface area contributed by atoms with Gasteiger partial charge in [-0.25, -0.2) is 0 Å². The summed E-state index contributed by atoms with van der Waals surface area (Å²) in [5.74, 6) is -0.0769. The molecular formula is C16H16BrNO. The van der Waals surface area contributed by atoms with Gasteiger partial charge in [0.15, 0.2) is 0 Å². The van der Waals surface area contributed by atoms with Crippen molar-refractivity contribution in [1.29, 1.82) is 0 Å². The summed E-state index contributed by atoms with van der Waals surface area (Å²) in [5, 5.41) is 2.96. The third-order valence-electron chi connectivity index (χ3n) is 3.02. The van der Waals surface area contributed by atoms with Crippen LogP contribution >= 0.6 is 15.9 Å². The van der Waals surface area contributed by atoms with Gasteiger partial charge in [0.1, 0.15) is 0 Å².